The van der Waals surface area contributed by atoms with Crippen LogP contribution in [-0.2, 0) is 11.8 Å². The maximum atomic E-state index is 12.2. The van der Waals surface area contributed by atoms with E-state index in [0.29, 0.717) is 18.0 Å². The Morgan fingerprint density at radius 3 is 2.82 bits per heavy atom. The Morgan fingerprint density at radius 2 is 2.23 bits per heavy atom. The van der Waals surface area contributed by atoms with Crippen molar-refractivity contribution in [3.05, 3.63) is 53.1 Å². The van der Waals surface area contributed by atoms with E-state index >= 15 is 0 Å². The van der Waals surface area contributed by atoms with Crippen molar-refractivity contribution in [3.8, 4) is 0 Å². The van der Waals surface area contributed by atoms with Gasteiger partial charge in [0.25, 0.3) is 0 Å². The Hall–Kier alpha value is -1.85. The summed E-state index contributed by atoms with van der Waals surface area (Å²) in [6, 6.07) is 7.17. The maximum absolute atomic E-state index is 12.2. The van der Waals surface area contributed by atoms with Crippen LogP contribution in [0.3, 0.4) is 0 Å². The summed E-state index contributed by atoms with van der Waals surface area (Å²) in [6.45, 7) is 0.703. The molecule has 5 nitrogen and oxygen atoms in total. The first-order valence-corrected chi connectivity index (χ1v) is 7.52. The van der Waals surface area contributed by atoms with E-state index in [9.17, 15) is 4.79 Å². The molecule has 2 rings (SSSR count). The highest BCUT2D eigenvalue weighted by molar-refractivity contribution is 6.30. The fourth-order valence-electron chi connectivity index (χ4n) is 2.20. The first kappa shape index (κ1) is 16.5. The molecule has 1 unspecified atom stereocenters. The summed E-state index contributed by atoms with van der Waals surface area (Å²) in [7, 11) is 5.80. The van der Waals surface area contributed by atoms with Gasteiger partial charge in [-0.2, -0.15) is 0 Å². The molecule has 0 aliphatic heterocycles. The third-order valence-electron chi connectivity index (χ3n) is 3.39. The van der Waals surface area contributed by atoms with E-state index in [0.717, 1.165) is 11.4 Å². The van der Waals surface area contributed by atoms with Gasteiger partial charge in [0.2, 0.25) is 5.91 Å². The van der Waals surface area contributed by atoms with Crippen LogP contribution in [0.2, 0.25) is 5.02 Å². The molecule has 1 atom stereocenters. The standard InChI is InChI=1S/C16H21ClN4O/c1-20(2)9-7-14(22)19-15(16-18-8-10-21(16)3)12-5-4-6-13(17)11-12/h4-6,8,10-11,15H,7,9H2,1-3H3,(H,19,22). The second-order valence-electron chi connectivity index (χ2n) is 5.51. The number of carbonyl (C=O) groups is 1. The number of benzene rings is 1. The highest BCUT2D eigenvalue weighted by Gasteiger charge is 2.20. The van der Waals surface area contributed by atoms with Crippen molar-refractivity contribution in [3.63, 3.8) is 0 Å². The predicted octanol–water partition coefficient (Wildman–Crippen LogP) is 2.23. The second kappa shape index (κ2) is 7.42. The third kappa shape index (κ3) is 4.32. The van der Waals surface area contributed by atoms with Crippen LogP contribution < -0.4 is 5.32 Å². The van der Waals surface area contributed by atoms with Crippen molar-refractivity contribution < 1.29 is 4.79 Å². The summed E-state index contributed by atoms with van der Waals surface area (Å²) in [5, 5.41) is 3.69. The molecule has 118 valence electrons. The number of hydrogen-bond acceptors (Lipinski definition) is 3. The lowest BCUT2D eigenvalue weighted by Crippen LogP contribution is -2.33. The largest absolute Gasteiger partial charge is 0.342 e. The van der Waals surface area contributed by atoms with Crippen molar-refractivity contribution in [2.24, 2.45) is 7.05 Å². The number of rotatable bonds is 6. The molecule has 1 amide bonds. The molecule has 22 heavy (non-hydrogen) atoms. The second-order valence-corrected chi connectivity index (χ2v) is 5.94. The Balaban J connectivity index is 2.23. The molecule has 0 aliphatic rings. The Morgan fingerprint density at radius 1 is 1.45 bits per heavy atom. The number of aromatic nitrogens is 2. The number of nitrogens with zero attached hydrogens (tertiary/aromatic N) is 3. The average Bonchev–Trinajstić information content (AvgIpc) is 2.88. The number of halogens is 1. The number of imidazole rings is 1. The zero-order valence-electron chi connectivity index (χ0n) is 13.1. The number of hydrogen-bond donors (Lipinski definition) is 1. The molecule has 0 bridgehead atoms. The minimum absolute atomic E-state index is 0.0123. The maximum Gasteiger partial charge on any atom is 0.222 e. The van der Waals surface area contributed by atoms with Crippen molar-refractivity contribution in [1.82, 2.24) is 19.8 Å². The molecule has 1 aromatic carbocycles. The number of aryl methyl sites for hydroxylation is 1. The normalized spacial score (nSPS) is 12.4. The third-order valence-corrected chi connectivity index (χ3v) is 3.63. The lowest BCUT2D eigenvalue weighted by atomic mass is 10.1. The van der Waals surface area contributed by atoms with E-state index in [4.69, 9.17) is 11.6 Å². The van der Waals surface area contributed by atoms with E-state index in [1.807, 2.05) is 61.1 Å². The smallest absolute Gasteiger partial charge is 0.222 e. The minimum Gasteiger partial charge on any atom is -0.342 e. The van der Waals surface area contributed by atoms with Crippen LogP contribution in [0, 0.1) is 0 Å². The number of carbonyl (C=O) groups excluding carboxylic acids is 1. The van der Waals surface area contributed by atoms with Crippen LogP contribution >= 0.6 is 11.6 Å². The topological polar surface area (TPSA) is 50.2 Å². The molecule has 0 saturated carbocycles. The highest BCUT2D eigenvalue weighted by Crippen LogP contribution is 2.23. The summed E-state index contributed by atoms with van der Waals surface area (Å²) >= 11 is 6.08. The number of nitrogens with one attached hydrogen (secondary N) is 1. The summed E-state index contributed by atoms with van der Waals surface area (Å²) < 4.78 is 1.90. The van der Waals surface area contributed by atoms with Gasteiger partial charge >= 0.3 is 0 Å². The first-order chi connectivity index (χ1) is 10.5. The van der Waals surface area contributed by atoms with Crippen molar-refractivity contribution in [2.45, 2.75) is 12.5 Å². The van der Waals surface area contributed by atoms with Gasteiger partial charge in [0.1, 0.15) is 11.9 Å². The summed E-state index contributed by atoms with van der Waals surface area (Å²) in [5.74, 6) is 0.766. The van der Waals surface area contributed by atoms with Gasteiger partial charge in [-0.25, -0.2) is 4.98 Å². The van der Waals surface area contributed by atoms with Gasteiger partial charge in [-0.15, -0.1) is 0 Å². The van der Waals surface area contributed by atoms with Crippen molar-refractivity contribution >= 4 is 17.5 Å². The lowest BCUT2D eigenvalue weighted by molar-refractivity contribution is -0.121. The monoisotopic (exact) mass is 320 g/mol. The molecule has 0 fully saturated rings. The fourth-order valence-corrected chi connectivity index (χ4v) is 2.40. The highest BCUT2D eigenvalue weighted by atomic mass is 35.5. The first-order valence-electron chi connectivity index (χ1n) is 7.14. The van der Waals surface area contributed by atoms with Crippen molar-refractivity contribution in [1.29, 1.82) is 0 Å². The molecular weight excluding hydrogens is 300 g/mol. The van der Waals surface area contributed by atoms with Gasteiger partial charge in [0, 0.05) is 37.4 Å². The molecule has 1 N–H and O–H groups in total. The van der Waals surface area contributed by atoms with Gasteiger partial charge < -0.3 is 14.8 Å². The minimum atomic E-state index is -0.312. The molecule has 0 radical (unpaired) electrons. The van der Waals surface area contributed by atoms with Gasteiger partial charge in [-0.05, 0) is 31.8 Å². The molecule has 0 saturated heterocycles. The molecule has 0 spiro atoms. The fraction of sp³-hybridized carbons (Fsp3) is 0.375. The van der Waals surface area contributed by atoms with E-state index in [-0.39, 0.29) is 11.9 Å². The van der Waals surface area contributed by atoms with Crippen LogP contribution in [0.5, 0.6) is 0 Å². The van der Waals surface area contributed by atoms with Gasteiger partial charge in [0.05, 0.1) is 0 Å². The zero-order valence-corrected chi connectivity index (χ0v) is 13.8. The summed E-state index contributed by atoms with van der Waals surface area (Å²) in [5.41, 5.74) is 0.917. The molecule has 6 heteroatoms. The summed E-state index contributed by atoms with van der Waals surface area (Å²) in [6.07, 6.45) is 4.02. The van der Waals surface area contributed by atoms with E-state index in [1.54, 1.807) is 6.20 Å². The van der Waals surface area contributed by atoms with E-state index < -0.39 is 0 Å². The Bertz CT molecular complexity index is 639. The predicted molar refractivity (Wildman–Crippen MR) is 87.8 cm³/mol. The zero-order chi connectivity index (χ0) is 16.1. The SMILES string of the molecule is CN(C)CCC(=O)NC(c1cccc(Cl)c1)c1nccn1C. The van der Waals surface area contributed by atoms with Crippen molar-refractivity contribution in [2.75, 3.05) is 20.6 Å². The Kier molecular flexibility index (Phi) is 5.57. The van der Waals surface area contributed by atoms with Crippen LogP contribution in [0.1, 0.15) is 23.9 Å². The van der Waals surface area contributed by atoms with Crippen LogP contribution in [0.25, 0.3) is 0 Å². The average molecular weight is 321 g/mol. The van der Waals surface area contributed by atoms with E-state index in [2.05, 4.69) is 10.3 Å². The molecule has 1 aromatic heterocycles. The number of amides is 1. The Labute approximate surface area is 135 Å². The molecule has 2 aromatic rings. The van der Waals surface area contributed by atoms with Gasteiger partial charge in [0.15, 0.2) is 0 Å². The van der Waals surface area contributed by atoms with Gasteiger partial charge in [-0.1, -0.05) is 23.7 Å². The lowest BCUT2D eigenvalue weighted by Gasteiger charge is -2.20. The summed E-state index contributed by atoms with van der Waals surface area (Å²) in [4.78, 5) is 18.6. The van der Waals surface area contributed by atoms with Gasteiger partial charge in [-0.3, -0.25) is 4.79 Å². The molecular formula is C16H21ClN4O. The van der Waals surface area contributed by atoms with E-state index in [1.165, 1.54) is 0 Å². The molecule has 1 heterocycles. The quantitative estimate of drug-likeness (QED) is 0.888. The van der Waals surface area contributed by atoms with Crippen LogP contribution in [-0.4, -0.2) is 41.0 Å². The van der Waals surface area contributed by atoms with Crippen LogP contribution in [0.4, 0.5) is 0 Å². The molecule has 0 aliphatic carbocycles. The van der Waals surface area contributed by atoms with Crippen LogP contribution in [0.15, 0.2) is 36.7 Å².